The summed E-state index contributed by atoms with van der Waals surface area (Å²) in [4.78, 5) is 14.7. The first kappa shape index (κ1) is 10.1. The maximum atomic E-state index is 12.3. The number of ketones is 1. The van der Waals surface area contributed by atoms with Crippen LogP contribution in [0.15, 0.2) is 24.9 Å². The van der Waals surface area contributed by atoms with Gasteiger partial charge in [-0.1, -0.05) is 13.0 Å². The van der Waals surface area contributed by atoms with Crippen molar-refractivity contribution in [2.75, 3.05) is 6.54 Å². The molecule has 86 valence electrons. The van der Waals surface area contributed by atoms with E-state index in [-0.39, 0.29) is 5.41 Å². The van der Waals surface area contributed by atoms with E-state index in [1.54, 1.807) is 6.08 Å². The van der Waals surface area contributed by atoms with Crippen molar-refractivity contribution < 1.29 is 4.79 Å². The average molecular weight is 217 g/mol. The van der Waals surface area contributed by atoms with E-state index in [1.807, 2.05) is 12.3 Å². The first-order valence-electron chi connectivity index (χ1n) is 6.28. The minimum absolute atomic E-state index is 0.133. The van der Waals surface area contributed by atoms with Crippen LogP contribution in [0.4, 0.5) is 0 Å². The molecular weight excluding hydrogens is 198 g/mol. The summed E-state index contributed by atoms with van der Waals surface area (Å²) in [5.74, 6) is 1.78. The third kappa shape index (κ3) is 1.05. The molecule has 0 radical (unpaired) electrons. The summed E-state index contributed by atoms with van der Waals surface area (Å²) in [5, 5.41) is 0. The molecule has 0 unspecified atom stereocenters. The van der Waals surface area contributed by atoms with Crippen molar-refractivity contribution in [2.24, 2.45) is 17.3 Å². The number of hydrogen-bond donors (Lipinski definition) is 0. The van der Waals surface area contributed by atoms with Crippen LogP contribution in [-0.4, -0.2) is 23.3 Å². The highest BCUT2D eigenvalue weighted by molar-refractivity contribution is 5.96. The van der Waals surface area contributed by atoms with Crippen LogP contribution in [0.5, 0.6) is 0 Å². The Morgan fingerprint density at radius 1 is 1.69 bits per heavy atom. The summed E-state index contributed by atoms with van der Waals surface area (Å²) in [6, 6.07) is 0.456. The van der Waals surface area contributed by atoms with Gasteiger partial charge in [-0.15, -0.1) is 6.58 Å². The van der Waals surface area contributed by atoms with Gasteiger partial charge >= 0.3 is 0 Å². The molecule has 0 N–H and O–H groups in total. The molecule has 3 aliphatic rings. The third-order valence-corrected chi connectivity index (χ3v) is 4.90. The summed E-state index contributed by atoms with van der Waals surface area (Å²) in [7, 11) is 0. The number of nitrogens with zero attached hydrogens (tertiary/aromatic N) is 1. The van der Waals surface area contributed by atoms with E-state index in [2.05, 4.69) is 18.4 Å². The Morgan fingerprint density at radius 2 is 2.50 bits per heavy atom. The number of carbonyl (C=O) groups excluding carboxylic acids is 1. The minimum atomic E-state index is -0.133. The van der Waals surface area contributed by atoms with Gasteiger partial charge in [0.1, 0.15) is 0 Å². The quantitative estimate of drug-likeness (QED) is 0.662. The highest BCUT2D eigenvalue weighted by Crippen LogP contribution is 2.55. The van der Waals surface area contributed by atoms with Crippen molar-refractivity contribution >= 4 is 5.78 Å². The third-order valence-electron chi connectivity index (χ3n) is 4.90. The van der Waals surface area contributed by atoms with Gasteiger partial charge in [0.05, 0.1) is 5.41 Å². The van der Waals surface area contributed by atoms with Crippen LogP contribution in [0.25, 0.3) is 0 Å². The Morgan fingerprint density at radius 3 is 3.25 bits per heavy atom. The zero-order valence-corrected chi connectivity index (χ0v) is 9.86. The molecular formula is C14H19NO. The summed E-state index contributed by atoms with van der Waals surface area (Å²) in [5.41, 5.74) is -0.133. The van der Waals surface area contributed by atoms with E-state index < -0.39 is 0 Å². The summed E-state index contributed by atoms with van der Waals surface area (Å²) < 4.78 is 0. The Labute approximate surface area is 97.0 Å². The van der Waals surface area contributed by atoms with Crippen molar-refractivity contribution in [2.45, 2.75) is 32.2 Å². The molecule has 16 heavy (non-hydrogen) atoms. The SMILES string of the molecule is C=CC[C@]12CC[C@@H]3[C@H](C)CN(C=CC1=O)[C@@H]32. The zero-order chi connectivity index (χ0) is 11.3. The molecule has 0 spiro atoms. The first-order valence-corrected chi connectivity index (χ1v) is 6.28. The zero-order valence-electron chi connectivity index (χ0n) is 9.86. The fraction of sp³-hybridized carbons (Fsp3) is 0.643. The van der Waals surface area contributed by atoms with E-state index >= 15 is 0 Å². The molecule has 3 rings (SSSR count). The van der Waals surface area contributed by atoms with Crippen LogP contribution in [0, 0.1) is 17.3 Å². The Kier molecular flexibility index (Phi) is 2.04. The van der Waals surface area contributed by atoms with Crippen molar-refractivity contribution in [1.29, 1.82) is 0 Å². The predicted octanol–water partition coefficient (Wildman–Crippen LogP) is 2.38. The van der Waals surface area contributed by atoms with Gasteiger partial charge in [-0.2, -0.15) is 0 Å². The largest absolute Gasteiger partial charge is 0.373 e. The molecule has 0 aromatic heterocycles. The molecule has 0 aromatic carbocycles. The molecule has 2 fully saturated rings. The first-order chi connectivity index (χ1) is 7.69. The van der Waals surface area contributed by atoms with Crippen LogP contribution in [0.2, 0.25) is 0 Å². The number of allylic oxidation sites excluding steroid dienone is 2. The van der Waals surface area contributed by atoms with E-state index in [4.69, 9.17) is 0 Å². The minimum Gasteiger partial charge on any atom is -0.373 e. The molecule has 4 atom stereocenters. The number of rotatable bonds is 2. The van der Waals surface area contributed by atoms with Gasteiger partial charge in [0, 0.05) is 18.8 Å². The van der Waals surface area contributed by atoms with Gasteiger partial charge in [-0.25, -0.2) is 0 Å². The van der Waals surface area contributed by atoms with Crippen LogP contribution in [0.1, 0.15) is 26.2 Å². The van der Waals surface area contributed by atoms with Crippen LogP contribution < -0.4 is 0 Å². The molecule has 0 amide bonds. The average Bonchev–Trinajstić information content (AvgIpc) is 2.78. The van der Waals surface area contributed by atoms with E-state index in [0.717, 1.165) is 25.3 Å². The standard InChI is InChI=1S/C14H19NO/c1-3-6-14-7-4-11-10(2)9-15(13(11)14)8-5-12(14)16/h3,5,8,10-11,13H,1,4,6-7,9H2,2H3/t10-,11-,13+,14+/m1/s1. The van der Waals surface area contributed by atoms with E-state index in [9.17, 15) is 4.79 Å². The number of carbonyl (C=O) groups is 1. The van der Waals surface area contributed by atoms with Crippen molar-refractivity contribution in [3.8, 4) is 0 Å². The van der Waals surface area contributed by atoms with Gasteiger partial charge in [0.2, 0.25) is 0 Å². The van der Waals surface area contributed by atoms with Gasteiger partial charge in [0.15, 0.2) is 5.78 Å². The maximum absolute atomic E-state index is 12.3. The van der Waals surface area contributed by atoms with Crippen LogP contribution in [0.3, 0.4) is 0 Å². The molecule has 0 aromatic rings. The molecule has 1 saturated carbocycles. The topological polar surface area (TPSA) is 20.3 Å². The lowest BCUT2D eigenvalue weighted by atomic mass is 9.72. The summed E-state index contributed by atoms with van der Waals surface area (Å²) in [6.45, 7) is 7.29. The Bertz CT molecular complexity index is 373. The van der Waals surface area contributed by atoms with Gasteiger partial charge < -0.3 is 4.90 Å². The smallest absolute Gasteiger partial charge is 0.165 e. The Hall–Kier alpha value is -1.05. The molecule has 2 heteroatoms. The summed E-state index contributed by atoms with van der Waals surface area (Å²) in [6.07, 6.45) is 8.86. The second kappa shape index (κ2) is 3.22. The number of hydrogen-bond acceptors (Lipinski definition) is 2. The van der Waals surface area contributed by atoms with Crippen LogP contribution in [-0.2, 0) is 4.79 Å². The fourth-order valence-electron chi connectivity index (χ4n) is 4.21. The molecule has 0 bridgehead atoms. The van der Waals surface area contributed by atoms with Crippen LogP contribution >= 0.6 is 0 Å². The molecule has 1 saturated heterocycles. The molecule has 1 aliphatic carbocycles. The fourth-order valence-corrected chi connectivity index (χ4v) is 4.21. The monoisotopic (exact) mass is 217 g/mol. The van der Waals surface area contributed by atoms with Gasteiger partial charge in [-0.3, -0.25) is 4.79 Å². The van der Waals surface area contributed by atoms with Crippen molar-refractivity contribution in [1.82, 2.24) is 4.90 Å². The normalized spacial score (nSPS) is 44.9. The lowest BCUT2D eigenvalue weighted by Crippen LogP contribution is -2.48. The van der Waals surface area contributed by atoms with E-state index in [0.29, 0.717) is 17.7 Å². The highest BCUT2D eigenvalue weighted by atomic mass is 16.1. The van der Waals surface area contributed by atoms with Gasteiger partial charge in [-0.05, 0) is 37.2 Å². The summed E-state index contributed by atoms with van der Waals surface area (Å²) >= 11 is 0. The second-order valence-corrected chi connectivity index (χ2v) is 5.65. The molecule has 2 nitrogen and oxygen atoms in total. The lowest BCUT2D eigenvalue weighted by Gasteiger charge is -2.40. The second-order valence-electron chi connectivity index (χ2n) is 5.65. The van der Waals surface area contributed by atoms with E-state index in [1.165, 1.54) is 6.42 Å². The van der Waals surface area contributed by atoms with Crippen molar-refractivity contribution in [3.63, 3.8) is 0 Å². The van der Waals surface area contributed by atoms with Crippen molar-refractivity contribution in [3.05, 3.63) is 24.9 Å². The Balaban J connectivity index is 2.06. The molecule has 2 heterocycles. The predicted molar refractivity (Wildman–Crippen MR) is 63.8 cm³/mol. The highest BCUT2D eigenvalue weighted by Gasteiger charge is 2.59. The maximum Gasteiger partial charge on any atom is 0.165 e. The lowest BCUT2D eigenvalue weighted by molar-refractivity contribution is -0.127. The van der Waals surface area contributed by atoms with Gasteiger partial charge in [0.25, 0.3) is 0 Å². The molecule has 2 aliphatic heterocycles.